The highest BCUT2D eigenvalue weighted by molar-refractivity contribution is 5.87. The van der Waals surface area contributed by atoms with Crippen molar-refractivity contribution in [1.29, 1.82) is 0 Å². The molecule has 0 aliphatic heterocycles. The lowest BCUT2D eigenvalue weighted by Crippen LogP contribution is -2.10. The van der Waals surface area contributed by atoms with Gasteiger partial charge in [-0.05, 0) is 13.0 Å². The van der Waals surface area contributed by atoms with E-state index in [1.807, 2.05) is 0 Å². The minimum Gasteiger partial charge on any atom is -0.461 e. The monoisotopic (exact) mass is 157 g/mol. The number of hydrogen-bond donors (Lipinski definition) is 0. The van der Waals surface area contributed by atoms with Crippen molar-refractivity contribution in [3.63, 3.8) is 0 Å². The highest BCUT2D eigenvalue weighted by atomic mass is 16.5. The SMILES string of the molecule is [2H]C([2H])([2H])n1nccc1C(=O)OCC. The van der Waals surface area contributed by atoms with Gasteiger partial charge in [0.2, 0.25) is 0 Å². The zero-order chi connectivity index (χ0) is 10.8. The minimum atomic E-state index is -2.45. The molecule has 0 bridgehead atoms. The second-order valence-electron chi connectivity index (χ2n) is 1.85. The lowest BCUT2D eigenvalue weighted by atomic mass is 10.4. The Kier molecular flexibility index (Phi) is 1.31. The van der Waals surface area contributed by atoms with Crippen LogP contribution in [0, 0.1) is 0 Å². The molecular weight excluding hydrogens is 144 g/mol. The van der Waals surface area contributed by atoms with Crippen molar-refractivity contribution in [2.45, 2.75) is 6.92 Å². The Hall–Kier alpha value is -1.32. The van der Waals surface area contributed by atoms with Gasteiger partial charge in [-0.1, -0.05) is 0 Å². The summed E-state index contributed by atoms with van der Waals surface area (Å²) in [4.78, 5) is 11.2. The van der Waals surface area contributed by atoms with Crippen molar-refractivity contribution < 1.29 is 13.6 Å². The Bertz CT molecular complexity index is 332. The van der Waals surface area contributed by atoms with Crippen LogP contribution in [0.4, 0.5) is 0 Å². The largest absolute Gasteiger partial charge is 0.461 e. The summed E-state index contributed by atoms with van der Waals surface area (Å²) in [6, 6.07) is 1.31. The molecule has 0 spiro atoms. The van der Waals surface area contributed by atoms with E-state index in [4.69, 9.17) is 4.11 Å². The molecule has 60 valence electrons. The predicted octanol–water partition coefficient (Wildman–Crippen LogP) is 0.597. The summed E-state index contributed by atoms with van der Waals surface area (Å²) in [5.74, 6) is -0.680. The second kappa shape index (κ2) is 3.18. The van der Waals surface area contributed by atoms with Gasteiger partial charge in [0.15, 0.2) is 0 Å². The van der Waals surface area contributed by atoms with Gasteiger partial charge in [-0.15, -0.1) is 0 Å². The Labute approximate surface area is 69.0 Å². The molecule has 1 aromatic rings. The van der Waals surface area contributed by atoms with Gasteiger partial charge in [-0.3, -0.25) is 4.68 Å². The summed E-state index contributed by atoms with van der Waals surface area (Å²) in [7, 11) is 0. The standard InChI is InChI=1S/C7H10N2O2/c1-3-11-7(10)6-4-5-8-9(6)2/h4-5H,3H2,1-2H3/i2D3. The van der Waals surface area contributed by atoms with Crippen LogP contribution in [-0.2, 0) is 11.7 Å². The highest BCUT2D eigenvalue weighted by Gasteiger charge is 2.09. The molecule has 1 heterocycles. The van der Waals surface area contributed by atoms with Gasteiger partial charge in [-0.25, -0.2) is 4.79 Å². The van der Waals surface area contributed by atoms with Crippen LogP contribution in [0.5, 0.6) is 0 Å². The molecule has 0 unspecified atom stereocenters. The number of hydrogen-bond acceptors (Lipinski definition) is 3. The molecule has 0 aliphatic rings. The smallest absolute Gasteiger partial charge is 0.356 e. The summed E-state index contributed by atoms with van der Waals surface area (Å²) in [5.41, 5.74) is -0.0631. The van der Waals surface area contributed by atoms with Crippen molar-refractivity contribution in [1.82, 2.24) is 9.78 Å². The Morgan fingerprint density at radius 1 is 2.00 bits per heavy atom. The van der Waals surface area contributed by atoms with Gasteiger partial charge in [0.1, 0.15) is 5.69 Å². The van der Waals surface area contributed by atoms with E-state index in [0.29, 0.717) is 4.68 Å². The van der Waals surface area contributed by atoms with Crippen molar-refractivity contribution in [2.75, 3.05) is 6.61 Å². The summed E-state index contributed by atoms with van der Waals surface area (Å²) >= 11 is 0. The molecular formula is C7H10N2O2. The van der Waals surface area contributed by atoms with Gasteiger partial charge in [0.05, 0.1) is 6.61 Å². The van der Waals surface area contributed by atoms with Gasteiger partial charge < -0.3 is 4.74 Å². The summed E-state index contributed by atoms with van der Waals surface area (Å²) < 4.78 is 26.6. The Morgan fingerprint density at radius 3 is 3.45 bits per heavy atom. The Balaban J connectivity index is 2.99. The minimum absolute atomic E-state index is 0.0631. The lowest BCUT2D eigenvalue weighted by molar-refractivity contribution is 0.0513. The van der Waals surface area contributed by atoms with E-state index in [2.05, 4.69) is 9.84 Å². The number of carbonyl (C=O) groups is 1. The van der Waals surface area contributed by atoms with Crippen LogP contribution in [0.25, 0.3) is 0 Å². The van der Waals surface area contributed by atoms with Gasteiger partial charge in [0, 0.05) is 17.3 Å². The third kappa shape index (κ3) is 1.58. The first-order valence-electron chi connectivity index (χ1n) is 4.68. The molecule has 0 atom stereocenters. The number of aryl methyl sites for hydroxylation is 1. The van der Waals surface area contributed by atoms with E-state index in [1.54, 1.807) is 6.92 Å². The van der Waals surface area contributed by atoms with Gasteiger partial charge >= 0.3 is 5.97 Å². The second-order valence-corrected chi connectivity index (χ2v) is 1.85. The number of carbonyl (C=O) groups excluding carboxylic acids is 1. The quantitative estimate of drug-likeness (QED) is 0.590. The molecule has 0 saturated heterocycles. The van der Waals surface area contributed by atoms with Crippen LogP contribution < -0.4 is 0 Å². The summed E-state index contributed by atoms with van der Waals surface area (Å²) in [6.07, 6.45) is 1.25. The lowest BCUT2D eigenvalue weighted by Gasteiger charge is -2.00. The molecule has 0 radical (unpaired) electrons. The normalized spacial score (nSPS) is 14.8. The van der Waals surface area contributed by atoms with Crippen LogP contribution in [-0.4, -0.2) is 22.4 Å². The van der Waals surface area contributed by atoms with E-state index < -0.39 is 12.9 Å². The fourth-order valence-corrected chi connectivity index (χ4v) is 0.663. The average molecular weight is 157 g/mol. The maximum absolute atomic E-state index is 11.2. The number of ether oxygens (including phenoxy) is 1. The van der Waals surface area contributed by atoms with Gasteiger partial charge in [-0.2, -0.15) is 5.10 Å². The first kappa shape index (κ1) is 4.54. The van der Waals surface area contributed by atoms with Crippen molar-refractivity contribution in [3.8, 4) is 0 Å². The molecule has 0 amide bonds. The van der Waals surface area contributed by atoms with Crippen molar-refractivity contribution >= 4 is 5.97 Å². The molecule has 4 nitrogen and oxygen atoms in total. The molecule has 1 aromatic heterocycles. The number of aromatic nitrogens is 2. The molecule has 0 aromatic carbocycles. The Morgan fingerprint density at radius 2 is 2.82 bits per heavy atom. The van der Waals surface area contributed by atoms with Crippen molar-refractivity contribution in [2.24, 2.45) is 6.98 Å². The topological polar surface area (TPSA) is 44.1 Å². The molecule has 0 saturated carbocycles. The zero-order valence-electron chi connectivity index (χ0n) is 9.07. The molecule has 0 aliphatic carbocycles. The van der Waals surface area contributed by atoms with Gasteiger partial charge in [0.25, 0.3) is 0 Å². The third-order valence-corrected chi connectivity index (χ3v) is 1.13. The molecule has 4 heteroatoms. The maximum atomic E-state index is 11.2. The average Bonchev–Trinajstić information content (AvgIpc) is 2.50. The fourth-order valence-electron chi connectivity index (χ4n) is 0.663. The predicted molar refractivity (Wildman–Crippen MR) is 39.2 cm³/mol. The van der Waals surface area contributed by atoms with Crippen LogP contribution in [0.2, 0.25) is 0 Å². The highest BCUT2D eigenvalue weighted by Crippen LogP contribution is 1.98. The van der Waals surface area contributed by atoms with Crippen LogP contribution in [0.15, 0.2) is 12.3 Å². The fraction of sp³-hybridized carbons (Fsp3) is 0.429. The molecule has 1 rings (SSSR count). The van der Waals surface area contributed by atoms with E-state index in [-0.39, 0.29) is 12.3 Å². The number of esters is 1. The third-order valence-electron chi connectivity index (χ3n) is 1.13. The maximum Gasteiger partial charge on any atom is 0.356 e. The van der Waals surface area contributed by atoms with E-state index in [9.17, 15) is 4.79 Å². The van der Waals surface area contributed by atoms with Crippen LogP contribution in [0.3, 0.4) is 0 Å². The first-order chi connectivity index (χ1) is 6.46. The number of nitrogens with zero attached hydrogens (tertiary/aromatic N) is 2. The number of rotatable bonds is 2. The van der Waals surface area contributed by atoms with Crippen molar-refractivity contribution in [3.05, 3.63) is 18.0 Å². The summed E-state index contributed by atoms with van der Waals surface area (Å²) in [5, 5.41) is 3.54. The van der Waals surface area contributed by atoms with Crippen LogP contribution in [0.1, 0.15) is 21.5 Å². The first-order valence-corrected chi connectivity index (χ1v) is 3.18. The summed E-state index contributed by atoms with van der Waals surface area (Å²) in [6.45, 7) is -0.607. The van der Waals surface area contributed by atoms with E-state index in [1.165, 1.54) is 12.3 Å². The zero-order valence-corrected chi connectivity index (χ0v) is 6.07. The molecule has 0 fully saturated rings. The molecule has 11 heavy (non-hydrogen) atoms. The van der Waals surface area contributed by atoms with Crippen LogP contribution >= 0.6 is 0 Å². The van der Waals surface area contributed by atoms with E-state index >= 15 is 0 Å². The van der Waals surface area contributed by atoms with E-state index in [0.717, 1.165) is 0 Å². The molecule has 0 N–H and O–H groups in total.